The Morgan fingerprint density at radius 3 is 2.60 bits per heavy atom. The number of pyridine rings is 1. The Balaban J connectivity index is 2.46. The van der Waals surface area contributed by atoms with E-state index in [1.165, 1.54) is 12.3 Å². The molecule has 2 heterocycles. The first kappa shape index (κ1) is 15.2. The van der Waals surface area contributed by atoms with Crippen LogP contribution in [0.3, 0.4) is 0 Å². The average molecular weight is 322 g/mol. The highest BCUT2D eigenvalue weighted by Crippen LogP contribution is 2.43. The van der Waals surface area contributed by atoms with Crippen molar-refractivity contribution in [3.63, 3.8) is 0 Å². The summed E-state index contributed by atoms with van der Waals surface area (Å²) in [5.74, 6) is -0.560. The highest BCUT2D eigenvalue weighted by atomic mass is 32.1. The molecule has 2 aromatic rings. The summed E-state index contributed by atoms with van der Waals surface area (Å²) in [7, 11) is 0. The number of alkyl halides is 3. The molecule has 108 valence electrons. The molecule has 0 aromatic carbocycles. The van der Waals surface area contributed by atoms with Crippen molar-refractivity contribution in [2.24, 2.45) is 0 Å². The molecule has 0 bridgehead atoms. The van der Waals surface area contributed by atoms with Gasteiger partial charge in [0.2, 0.25) is 0 Å². The normalized spacial score (nSPS) is 13.5. The second-order valence-electron chi connectivity index (χ2n) is 4.02. The highest BCUT2D eigenvalue weighted by Gasteiger charge is 2.40. The van der Waals surface area contributed by atoms with E-state index in [2.05, 4.69) is 22.6 Å². The molecule has 0 aliphatic heterocycles. The van der Waals surface area contributed by atoms with Gasteiger partial charge in [-0.1, -0.05) is 6.92 Å². The van der Waals surface area contributed by atoms with Gasteiger partial charge in [0, 0.05) is 11.8 Å². The van der Waals surface area contributed by atoms with Crippen LogP contribution in [0.1, 0.15) is 22.7 Å². The highest BCUT2D eigenvalue weighted by molar-refractivity contribution is 7.80. The van der Waals surface area contributed by atoms with Crippen molar-refractivity contribution < 1.29 is 17.6 Å². The second-order valence-corrected chi connectivity index (χ2v) is 5.57. The predicted octanol–water partition coefficient (Wildman–Crippen LogP) is 4.44. The molecule has 1 unspecified atom stereocenters. The first-order valence-electron chi connectivity index (χ1n) is 5.68. The molecule has 2 rings (SSSR count). The number of halogens is 4. The van der Waals surface area contributed by atoms with E-state index in [4.69, 9.17) is 0 Å². The molecule has 0 saturated heterocycles. The maximum atomic E-state index is 13.1. The summed E-state index contributed by atoms with van der Waals surface area (Å²) >= 11 is 4.49. The Bertz CT molecular complexity index is 610. The fourth-order valence-electron chi connectivity index (χ4n) is 1.63. The zero-order chi connectivity index (χ0) is 14.9. The quantitative estimate of drug-likeness (QED) is 0.668. The van der Waals surface area contributed by atoms with Crippen molar-refractivity contribution in [3.8, 4) is 10.6 Å². The Morgan fingerprint density at radius 2 is 2.05 bits per heavy atom. The summed E-state index contributed by atoms with van der Waals surface area (Å²) in [6, 6.07) is 1.19. The zero-order valence-electron chi connectivity index (χ0n) is 10.3. The summed E-state index contributed by atoms with van der Waals surface area (Å²) in [5, 5.41) is -1.57. The average Bonchev–Trinajstić information content (AvgIpc) is 2.80. The summed E-state index contributed by atoms with van der Waals surface area (Å²) < 4.78 is 51.4. The predicted molar refractivity (Wildman–Crippen MR) is 72.5 cm³/mol. The third-order valence-electron chi connectivity index (χ3n) is 2.57. The number of nitrogens with zero attached hydrogens (tertiary/aromatic N) is 2. The van der Waals surface area contributed by atoms with Gasteiger partial charge < -0.3 is 0 Å². The van der Waals surface area contributed by atoms with E-state index in [9.17, 15) is 17.6 Å². The smallest absolute Gasteiger partial charge is 0.261 e. The summed E-state index contributed by atoms with van der Waals surface area (Å²) in [6.07, 6.45) is -1.71. The largest absolute Gasteiger partial charge is 0.405 e. The second kappa shape index (κ2) is 5.69. The number of hydrogen-bond donors (Lipinski definition) is 1. The van der Waals surface area contributed by atoms with Crippen molar-refractivity contribution in [2.45, 2.75) is 24.8 Å². The molecule has 20 heavy (non-hydrogen) atoms. The monoisotopic (exact) mass is 322 g/mol. The van der Waals surface area contributed by atoms with E-state index in [0.717, 1.165) is 17.5 Å². The van der Waals surface area contributed by atoms with Gasteiger partial charge in [-0.05, 0) is 12.5 Å². The molecular weight excluding hydrogens is 312 g/mol. The number of hydrogen-bond acceptors (Lipinski definition) is 4. The molecule has 0 amide bonds. The molecule has 0 spiro atoms. The number of aromatic nitrogens is 2. The van der Waals surface area contributed by atoms with Crippen LogP contribution in [0.5, 0.6) is 0 Å². The maximum absolute atomic E-state index is 13.1. The third-order valence-corrected chi connectivity index (χ3v) is 4.51. The van der Waals surface area contributed by atoms with Crippen molar-refractivity contribution in [3.05, 3.63) is 34.8 Å². The molecule has 0 radical (unpaired) electrons. The van der Waals surface area contributed by atoms with Crippen molar-refractivity contribution in [2.75, 3.05) is 0 Å². The first-order chi connectivity index (χ1) is 9.32. The molecule has 8 heteroatoms. The minimum absolute atomic E-state index is 0.0441. The lowest BCUT2D eigenvalue weighted by molar-refractivity contribution is -0.128. The summed E-state index contributed by atoms with van der Waals surface area (Å²) in [5.41, 5.74) is 0.685. The molecular formula is C12H10F4N2S2. The van der Waals surface area contributed by atoms with Gasteiger partial charge in [0.1, 0.15) is 16.1 Å². The minimum Gasteiger partial charge on any atom is -0.261 e. The number of rotatable bonds is 3. The Labute approximate surface area is 122 Å². The lowest BCUT2D eigenvalue weighted by atomic mass is 10.2. The maximum Gasteiger partial charge on any atom is 0.405 e. The number of thiazole rings is 1. The minimum atomic E-state index is -4.45. The van der Waals surface area contributed by atoms with E-state index in [-0.39, 0.29) is 4.88 Å². The number of thiol groups is 1. The molecule has 2 nitrogen and oxygen atoms in total. The van der Waals surface area contributed by atoms with Gasteiger partial charge in [0.25, 0.3) is 0 Å². The van der Waals surface area contributed by atoms with Crippen molar-refractivity contribution >= 4 is 24.0 Å². The van der Waals surface area contributed by atoms with Gasteiger partial charge >= 0.3 is 6.18 Å². The van der Waals surface area contributed by atoms with E-state index < -0.39 is 17.2 Å². The van der Waals surface area contributed by atoms with E-state index >= 15 is 0 Å². The lowest BCUT2D eigenvalue weighted by Crippen LogP contribution is -2.15. The molecule has 1 atom stereocenters. The molecule has 0 aliphatic carbocycles. The molecule has 0 aliphatic rings. The van der Waals surface area contributed by atoms with Crippen molar-refractivity contribution in [1.82, 2.24) is 9.97 Å². The fraction of sp³-hybridized carbons (Fsp3) is 0.333. The van der Waals surface area contributed by atoms with E-state index in [1.54, 1.807) is 6.92 Å². The van der Waals surface area contributed by atoms with Gasteiger partial charge in [-0.15, -0.1) is 11.3 Å². The summed E-state index contributed by atoms with van der Waals surface area (Å²) in [4.78, 5) is 7.85. The Kier molecular flexibility index (Phi) is 4.33. The van der Waals surface area contributed by atoms with Gasteiger partial charge in [0.15, 0.2) is 0 Å². The van der Waals surface area contributed by atoms with Crippen LogP contribution in [-0.4, -0.2) is 16.1 Å². The van der Waals surface area contributed by atoms with Crippen LogP contribution in [0.25, 0.3) is 10.6 Å². The van der Waals surface area contributed by atoms with Crippen LogP contribution >= 0.6 is 24.0 Å². The van der Waals surface area contributed by atoms with Crippen LogP contribution < -0.4 is 0 Å². The van der Waals surface area contributed by atoms with Crippen LogP contribution in [0, 0.1) is 5.82 Å². The van der Waals surface area contributed by atoms with Gasteiger partial charge in [-0.2, -0.15) is 25.8 Å². The van der Waals surface area contributed by atoms with E-state index in [1.807, 2.05) is 0 Å². The third kappa shape index (κ3) is 3.12. The summed E-state index contributed by atoms with van der Waals surface area (Å²) in [6.45, 7) is 1.71. The van der Waals surface area contributed by atoms with Crippen molar-refractivity contribution in [1.29, 1.82) is 0 Å². The zero-order valence-corrected chi connectivity index (χ0v) is 12.0. The van der Waals surface area contributed by atoms with Gasteiger partial charge in [-0.25, -0.2) is 9.37 Å². The Hall–Kier alpha value is -1.15. The molecule has 0 saturated carbocycles. The fourth-order valence-corrected chi connectivity index (χ4v) is 3.09. The molecule has 0 N–H and O–H groups in total. The van der Waals surface area contributed by atoms with Crippen LogP contribution in [0.4, 0.5) is 17.6 Å². The standard InChI is InChI=1S/C12H10F4N2S2/c1-2-8-9(10(19)12(14,15)16)20-11(18-8)6-3-7(13)5-17-4-6/h3-5,10,19H,2H2,1H3. The van der Waals surface area contributed by atoms with Crippen LogP contribution in [0.15, 0.2) is 18.5 Å². The SMILES string of the molecule is CCc1nc(-c2cncc(F)c2)sc1C(S)C(F)(F)F. The van der Waals surface area contributed by atoms with Gasteiger partial charge in [-0.3, -0.25) is 4.98 Å². The number of aryl methyl sites for hydroxylation is 1. The van der Waals surface area contributed by atoms with Gasteiger partial charge in [0.05, 0.1) is 16.8 Å². The van der Waals surface area contributed by atoms with Crippen LogP contribution in [0.2, 0.25) is 0 Å². The van der Waals surface area contributed by atoms with Crippen LogP contribution in [-0.2, 0) is 6.42 Å². The Morgan fingerprint density at radius 1 is 1.35 bits per heavy atom. The lowest BCUT2D eigenvalue weighted by Gasteiger charge is -2.13. The molecule has 0 fully saturated rings. The topological polar surface area (TPSA) is 25.8 Å². The first-order valence-corrected chi connectivity index (χ1v) is 7.01. The van der Waals surface area contributed by atoms with E-state index in [0.29, 0.717) is 22.7 Å². The molecule has 2 aromatic heterocycles.